The van der Waals surface area contributed by atoms with Gasteiger partial charge in [-0.3, -0.25) is 14.3 Å². The van der Waals surface area contributed by atoms with Crippen LogP contribution in [-0.4, -0.2) is 26.9 Å². The Kier molecular flexibility index (Phi) is 4.66. The summed E-state index contributed by atoms with van der Waals surface area (Å²) in [5.74, 6) is 2.53. The molecule has 1 fully saturated rings. The lowest BCUT2D eigenvalue weighted by Gasteiger charge is -2.22. The Morgan fingerprint density at radius 1 is 1.62 bits per heavy atom. The van der Waals surface area contributed by atoms with Crippen LogP contribution in [0.15, 0.2) is 21.9 Å². The molecule has 1 aliphatic heterocycles. The van der Waals surface area contributed by atoms with Crippen LogP contribution in [-0.2, 0) is 4.74 Å². The molecule has 1 saturated heterocycles. The molecule has 0 saturated carbocycles. The molecule has 1 aliphatic rings. The topological polar surface area (TPSA) is 84.3 Å². The molecule has 114 valence electrons. The molecule has 2 rings (SSSR count). The summed E-state index contributed by atoms with van der Waals surface area (Å²) in [6.45, 7) is 1.79. The SMILES string of the molecule is C#C[C@@]1(CO)C[C@H](CCCC)C(n2ccc(=O)[nH]c2=O)O1. The van der Waals surface area contributed by atoms with Crippen molar-refractivity contribution in [3.8, 4) is 12.3 Å². The van der Waals surface area contributed by atoms with Crippen molar-refractivity contribution in [1.29, 1.82) is 0 Å². The van der Waals surface area contributed by atoms with Crippen LogP contribution in [0, 0.1) is 18.3 Å². The predicted octanol–water partition coefficient (Wildman–Crippen LogP) is 0.626. The fourth-order valence-electron chi connectivity index (χ4n) is 2.76. The number of hydrogen-bond acceptors (Lipinski definition) is 4. The van der Waals surface area contributed by atoms with Crippen LogP contribution in [0.3, 0.4) is 0 Å². The number of aromatic amines is 1. The molecule has 21 heavy (non-hydrogen) atoms. The lowest BCUT2D eigenvalue weighted by atomic mass is 9.90. The number of H-pyrrole nitrogens is 1. The molecule has 0 aromatic carbocycles. The van der Waals surface area contributed by atoms with Gasteiger partial charge < -0.3 is 9.84 Å². The van der Waals surface area contributed by atoms with Crippen molar-refractivity contribution >= 4 is 0 Å². The van der Waals surface area contributed by atoms with Gasteiger partial charge in [-0.05, 0) is 12.8 Å². The number of aromatic nitrogens is 2. The second-order valence-electron chi connectivity index (χ2n) is 5.43. The van der Waals surface area contributed by atoms with E-state index >= 15 is 0 Å². The van der Waals surface area contributed by atoms with Crippen LogP contribution in [0.2, 0.25) is 0 Å². The summed E-state index contributed by atoms with van der Waals surface area (Å²) in [6.07, 6.45) is 9.68. The monoisotopic (exact) mass is 292 g/mol. The highest BCUT2D eigenvalue weighted by Gasteiger charge is 2.45. The van der Waals surface area contributed by atoms with Gasteiger partial charge in [-0.25, -0.2) is 4.79 Å². The maximum Gasteiger partial charge on any atom is 0.330 e. The van der Waals surface area contributed by atoms with Gasteiger partial charge in [0, 0.05) is 18.2 Å². The summed E-state index contributed by atoms with van der Waals surface area (Å²) in [7, 11) is 0. The summed E-state index contributed by atoms with van der Waals surface area (Å²) in [6, 6.07) is 1.27. The summed E-state index contributed by atoms with van der Waals surface area (Å²) in [4.78, 5) is 25.3. The summed E-state index contributed by atoms with van der Waals surface area (Å²) >= 11 is 0. The Morgan fingerprint density at radius 2 is 2.38 bits per heavy atom. The van der Waals surface area contributed by atoms with Gasteiger partial charge >= 0.3 is 5.69 Å². The number of unbranched alkanes of at least 4 members (excludes halogenated alkanes) is 1. The maximum absolute atomic E-state index is 11.9. The number of nitrogens with zero attached hydrogens (tertiary/aromatic N) is 1. The second kappa shape index (κ2) is 6.29. The van der Waals surface area contributed by atoms with Crippen molar-refractivity contribution in [2.45, 2.75) is 44.4 Å². The van der Waals surface area contributed by atoms with E-state index in [1.165, 1.54) is 16.8 Å². The van der Waals surface area contributed by atoms with E-state index in [1.807, 2.05) is 0 Å². The normalized spacial score (nSPS) is 28.4. The standard InChI is InChI=1S/C15H20N2O4/c1-3-5-6-11-9-15(4-2,10-18)21-13(11)17-8-7-12(19)16-14(17)20/h2,7-8,11,13,18H,3,5-6,9-10H2,1H3,(H,16,19,20)/t11-,13?,15-/m0/s1. The van der Waals surface area contributed by atoms with E-state index < -0.39 is 23.1 Å². The number of hydrogen-bond donors (Lipinski definition) is 2. The van der Waals surface area contributed by atoms with Crippen LogP contribution < -0.4 is 11.2 Å². The first-order valence-corrected chi connectivity index (χ1v) is 7.13. The maximum atomic E-state index is 11.9. The van der Waals surface area contributed by atoms with E-state index in [1.54, 1.807) is 0 Å². The van der Waals surface area contributed by atoms with Crippen LogP contribution in [0.25, 0.3) is 0 Å². The lowest BCUT2D eigenvalue weighted by Crippen LogP contribution is -2.35. The van der Waals surface area contributed by atoms with Crippen molar-refractivity contribution in [1.82, 2.24) is 9.55 Å². The third kappa shape index (κ3) is 3.09. The zero-order valence-electron chi connectivity index (χ0n) is 12.0. The molecule has 2 N–H and O–H groups in total. The van der Waals surface area contributed by atoms with Crippen LogP contribution in [0.5, 0.6) is 0 Å². The van der Waals surface area contributed by atoms with Crippen LogP contribution >= 0.6 is 0 Å². The largest absolute Gasteiger partial charge is 0.392 e. The summed E-state index contributed by atoms with van der Waals surface area (Å²) in [5, 5.41) is 9.53. The molecular weight excluding hydrogens is 272 g/mol. The van der Waals surface area contributed by atoms with Gasteiger partial charge in [0.25, 0.3) is 5.56 Å². The van der Waals surface area contributed by atoms with E-state index in [9.17, 15) is 14.7 Å². The highest BCUT2D eigenvalue weighted by molar-refractivity contribution is 5.13. The molecule has 6 nitrogen and oxygen atoms in total. The fourth-order valence-corrected chi connectivity index (χ4v) is 2.76. The molecule has 0 bridgehead atoms. The number of rotatable bonds is 5. The quantitative estimate of drug-likeness (QED) is 0.779. The van der Waals surface area contributed by atoms with Gasteiger partial charge in [-0.1, -0.05) is 25.7 Å². The molecule has 0 radical (unpaired) electrons. The predicted molar refractivity (Wildman–Crippen MR) is 77.7 cm³/mol. The fraction of sp³-hybridized carbons (Fsp3) is 0.600. The van der Waals surface area contributed by atoms with Gasteiger partial charge in [-0.2, -0.15) is 0 Å². The zero-order valence-corrected chi connectivity index (χ0v) is 12.0. The van der Waals surface area contributed by atoms with Gasteiger partial charge in [-0.15, -0.1) is 6.42 Å². The molecule has 3 atom stereocenters. The number of terminal acetylenes is 1. The molecular formula is C15H20N2O4. The van der Waals surface area contributed by atoms with E-state index in [0.717, 1.165) is 19.3 Å². The van der Waals surface area contributed by atoms with Gasteiger partial charge in [0.15, 0.2) is 5.60 Å². The Bertz CT molecular complexity index is 642. The number of aliphatic hydroxyl groups excluding tert-OH is 1. The molecule has 0 aliphatic carbocycles. The van der Waals surface area contributed by atoms with Crippen molar-refractivity contribution < 1.29 is 9.84 Å². The molecule has 0 spiro atoms. The summed E-state index contributed by atoms with van der Waals surface area (Å²) < 4.78 is 7.16. The molecule has 1 unspecified atom stereocenters. The number of aliphatic hydroxyl groups is 1. The molecule has 1 aromatic heterocycles. The minimum absolute atomic E-state index is 0.0248. The molecule has 6 heteroatoms. The van der Waals surface area contributed by atoms with Crippen LogP contribution in [0.1, 0.15) is 38.8 Å². The smallest absolute Gasteiger partial charge is 0.330 e. The van der Waals surface area contributed by atoms with Gasteiger partial charge in [0.1, 0.15) is 6.23 Å². The van der Waals surface area contributed by atoms with Crippen molar-refractivity contribution in [3.05, 3.63) is 33.1 Å². The molecule has 0 amide bonds. The van der Waals surface area contributed by atoms with Crippen LogP contribution in [0.4, 0.5) is 0 Å². The highest BCUT2D eigenvalue weighted by atomic mass is 16.5. The Hall–Kier alpha value is -1.84. The van der Waals surface area contributed by atoms with Crippen molar-refractivity contribution in [3.63, 3.8) is 0 Å². The van der Waals surface area contributed by atoms with E-state index in [-0.39, 0.29) is 12.5 Å². The minimum Gasteiger partial charge on any atom is -0.392 e. The minimum atomic E-state index is -1.06. The second-order valence-corrected chi connectivity index (χ2v) is 5.43. The van der Waals surface area contributed by atoms with E-state index in [4.69, 9.17) is 11.2 Å². The Morgan fingerprint density at radius 3 is 2.95 bits per heavy atom. The first-order chi connectivity index (χ1) is 10.0. The average molecular weight is 292 g/mol. The first kappa shape index (κ1) is 15.5. The Labute approximate surface area is 122 Å². The first-order valence-electron chi connectivity index (χ1n) is 7.13. The third-order valence-corrected chi connectivity index (χ3v) is 3.91. The van der Waals surface area contributed by atoms with E-state index in [0.29, 0.717) is 6.42 Å². The zero-order chi connectivity index (χ0) is 15.5. The highest BCUT2D eigenvalue weighted by Crippen LogP contribution is 2.42. The molecule has 2 heterocycles. The number of nitrogens with one attached hydrogen (secondary N) is 1. The lowest BCUT2D eigenvalue weighted by molar-refractivity contribution is -0.0726. The van der Waals surface area contributed by atoms with Gasteiger partial charge in [0.05, 0.1) is 6.61 Å². The molecule has 1 aromatic rings. The van der Waals surface area contributed by atoms with Gasteiger partial charge in [0.2, 0.25) is 0 Å². The number of ether oxygens (including phenoxy) is 1. The third-order valence-electron chi connectivity index (χ3n) is 3.91. The van der Waals surface area contributed by atoms with Crippen molar-refractivity contribution in [2.75, 3.05) is 6.61 Å². The van der Waals surface area contributed by atoms with E-state index in [2.05, 4.69) is 17.8 Å². The Balaban J connectivity index is 2.36. The summed E-state index contributed by atoms with van der Waals surface area (Å²) in [5.41, 5.74) is -2.04. The van der Waals surface area contributed by atoms with Crippen molar-refractivity contribution in [2.24, 2.45) is 5.92 Å². The average Bonchev–Trinajstić information content (AvgIpc) is 2.85.